The highest BCUT2D eigenvalue weighted by molar-refractivity contribution is 7.98. The van der Waals surface area contributed by atoms with Crippen molar-refractivity contribution in [3.8, 4) is 11.4 Å². The van der Waals surface area contributed by atoms with Gasteiger partial charge in [-0.15, -0.1) is 5.10 Å². The number of ether oxygens (including phenoxy) is 1. The molecule has 23 heavy (non-hydrogen) atoms. The van der Waals surface area contributed by atoms with Crippen molar-refractivity contribution in [3.63, 3.8) is 0 Å². The number of tetrazole rings is 1. The van der Waals surface area contributed by atoms with E-state index in [1.807, 2.05) is 30.3 Å². The van der Waals surface area contributed by atoms with Gasteiger partial charge >= 0.3 is 0 Å². The average Bonchev–Trinajstić information content (AvgIpc) is 3.01. The molecule has 0 amide bonds. The van der Waals surface area contributed by atoms with Crippen molar-refractivity contribution < 1.29 is 4.74 Å². The minimum atomic E-state index is 0.630. The van der Waals surface area contributed by atoms with Gasteiger partial charge in [-0.25, -0.2) is 0 Å². The monoisotopic (exact) mass is 366 g/mol. The third kappa shape index (κ3) is 3.77. The molecule has 0 spiro atoms. The zero-order chi connectivity index (χ0) is 16.2. The topological polar surface area (TPSA) is 52.8 Å². The van der Waals surface area contributed by atoms with Crippen LogP contribution in [0.5, 0.6) is 5.75 Å². The average molecular weight is 367 g/mol. The van der Waals surface area contributed by atoms with Crippen LogP contribution in [0.2, 0.25) is 10.0 Å². The van der Waals surface area contributed by atoms with Gasteiger partial charge in [-0.1, -0.05) is 41.0 Å². The number of halogens is 2. The van der Waals surface area contributed by atoms with Crippen molar-refractivity contribution in [1.29, 1.82) is 0 Å². The van der Waals surface area contributed by atoms with Crippen molar-refractivity contribution in [1.82, 2.24) is 20.2 Å². The lowest BCUT2D eigenvalue weighted by molar-refractivity contribution is 0.411. The largest absolute Gasteiger partial charge is 0.496 e. The van der Waals surface area contributed by atoms with Gasteiger partial charge in [-0.05, 0) is 46.8 Å². The Morgan fingerprint density at radius 1 is 1.13 bits per heavy atom. The molecular formula is C15H12Cl2N4OS. The fourth-order valence-corrected chi connectivity index (χ4v) is 3.29. The Morgan fingerprint density at radius 2 is 1.96 bits per heavy atom. The van der Waals surface area contributed by atoms with Crippen LogP contribution in [0.15, 0.2) is 47.6 Å². The molecule has 2 aromatic carbocycles. The van der Waals surface area contributed by atoms with Crippen molar-refractivity contribution in [2.75, 3.05) is 7.11 Å². The molecule has 0 aliphatic carbocycles. The number of hydrogen-bond acceptors (Lipinski definition) is 5. The van der Waals surface area contributed by atoms with E-state index in [0.29, 0.717) is 21.0 Å². The zero-order valence-electron chi connectivity index (χ0n) is 12.1. The SMILES string of the molecule is COc1ccc(Cl)cc1CSc1nnnn1-c1cccc(Cl)c1. The van der Waals surface area contributed by atoms with Gasteiger partial charge in [0.15, 0.2) is 0 Å². The smallest absolute Gasteiger partial charge is 0.214 e. The fraction of sp³-hybridized carbons (Fsp3) is 0.133. The zero-order valence-corrected chi connectivity index (χ0v) is 14.4. The van der Waals surface area contributed by atoms with Gasteiger partial charge in [0, 0.05) is 21.4 Å². The fourth-order valence-electron chi connectivity index (χ4n) is 2.04. The molecule has 0 bridgehead atoms. The van der Waals surface area contributed by atoms with E-state index >= 15 is 0 Å². The second kappa shape index (κ2) is 7.21. The maximum Gasteiger partial charge on any atom is 0.214 e. The summed E-state index contributed by atoms with van der Waals surface area (Å²) in [7, 11) is 1.63. The summed E-state index contributed by atoms with van der Waals surface area (Å²) in [6.45, 7) is 0. The first-order chi connectivity index (χ1) is 11.2. The minimum Gasteiger partial charge on any atom is -0.496 e. The molecular weight excluding hydrogens is 355 g/mol. The summed E-state index contributed by atoms with van der Waals surface area (Å²) in [6.07, 6.45) is 0. The molecule has 118 valence electrons. The molecule has 1 heterocycles. The molecule has 0 saturated carbocycles. The molecule has 3 aromatic rings. The molecule has 1 aromatic heterocycles. The second-order valence-corrected chi connectivity index (χ2v) is 6.41. The van der Waals surface area contributed by atoms with Gasteiger partial charge in [0.05, 0.1) is 12.8 Å². The van der Waals surface area contributed by atoms with E-state index in [9.17, 15) is 0 Å². The van der Waals surface area contributed by atoms with Crippen LogP contribution in [0.4, 0.5) is 0 Å². The number of nitrogens with zero attached hydrogens (tertiary/aromatic N) is 4. The summed E-state index contributed by atoms with van der Waals surface area (Å²) in [5.74, 6) is 1.41. The molecule has 0 N–H and O–H groups in total. The molecule has 0 atom stereocenters. The third-order valence-electron chi connectivity index (χ3n) is 3.09. The number of rotatable bonds is 5. The molecule has 0 radical (unpaired) electrons. The Bertz CT molecular complexity index is 825. The molecule has 0 unspecified atom stereocenters. The van der Waals surface area contributed by atoms with Crippen molar-refractivity contribution >= 4 is 35.0 Å². The molecule has 0 aliphatic heterocycles. The van der Waals surface area contributed by atoms with Crippen LogP contribution in [0, 0.1) is 0 Å². The van der Waals surface area contributed by atoms with Crippen molar-refractivity contribution in [2.45, 2.75) is 10.9 Å². The van der Waals surface area contributed by atoms with E-state index in [0.717, 1.165) is 17.0 Å². The predicted molar refractivity (Wildman–Crippen MR) is 91.7 cm³/mol. The lowest BCUT2D eigenvalue weighted by Crippen LogP contribution is -1.99. The highest BCUT2D eigenvalue weighted by atomic mass is 35.5. The number of thioether (sulfide) groups is 1. The van der Waals surface area contributed by atoms with E-state index in [1.165, 1.54) is 11.8 Å². The van der Waals surface area contributed by atoms with E-state index in [1.54, 1.807) is 23.9 Å². The van der Waals surface area contributed by atoms with Gasteiger partial charge in [0.2, 0.25) is 5.16 Å². The molecule has 0 saturated heterocycles. The Labute approximate surface area is 147 Å². The normalized spacial score (nSPS) is 10.7. The Morgan fingerprint density at radius 3 is 2.74 bits per heavy atom. The van der Waals surface area contributed by atoms with E-state index < -0.39 is 0 Å². The lowest BCUT2D eigenvalue weighted by Gasteiger charge is -2.09. The predicted octanol–water partition coefficient (Wildman–Crippen LogP) is 4.27. The van der Waals surface area contributed by atoms with E-state index in [4.69, 9.17) is 27.9 Å². The van der Waals surface area contributed by atoms with Crippen molar-refractivity contribution in [2.24, 2.45) is 0 Å². The highest BCUT2D eigenvalue weighted by Crippen LogP contribution is 2.30. The molecule has 3 rings (SSSR count). The minimum absolute atomic E-state index is 0.630. The van der Waals surface area contributed by atoms with Gasteiger partial charge in [0.25, 0.3) is 0 Å². The second-order valence-electron chi connectivity index (χ2n) is 4.60. The number of methoxy groups -OCH3 is 1. The van der Waals surface area contributed by atoms with Crippen molar-refractivity contribution in [3.05, 3.63) is 58.1 Å². The van der Waals surface area contributed by atoms with E-state index in [2.05, 4.69) is 15.5 Å². The van der Waals surface area contributed by atoms with Crippen LogP contribution in [0.3, 0.4) is 0 Å². The first kappa shape index (κ1) is 16.1. The highest BCUT2D eigenvalue weighted by Gasteiger charge is 2.12. The number of hydrogen-bond donors (Lipinski definition) is 0. The Hall–Kier alpha value is -1.76. The van der Waals surface area contributed by atoms with Crippen LogP contribution < -0.4 is 4.74 Å². The number of aromatic nitrogens is 4. The van der Waals surface area contributed by atoms with Gasteiger partial charge in [-0.2, -0.15) is 4.68 Å². The maximum absolute atomic E-state index is 6.05. The van der Waals surface area contributed by atoms with Crippen LogP contribution in [-0.2, 0) is 5.75 Å². The standard InChI is InChI=1S/C15H12Cl2N4OS/c1-22-14-6-5-12(17)7-10(14)9-23-15-18-19-20-21(15)13-4-2-3-11(16)8-13/h2-8H,9H2,1H3. The molecule has 0 fully saturated rings. The van der Waals surface area contributed by atoms with Gasteiger partial charge in [0.1, 0.15) is 5.75 Å². The lowest BCUT2D eigenvalue weighted by atomic mass is 10.2. The van der Waals surface area contributed by atoms with Crippen LogP contribution in [-0.4, -0.2) is 27.3 Å². The summed E-state index contributed by atoms with van der Waals surface area (Å²) in [6, 6.07) is 12.9. The van der Waals surface area contributed by atoms with E-state index in [-0.39, 0.29) is 0 Å². The summed E-state index contributed by atoms with van der Waals surface area (Å²) in [4.78, 5) is 0. The Kier molecular flexibility index (Phi) is 5.05. The first-order valence-electron chi connectivity index (χ1n) is 6.67. The summed E-state index contributed by atoms with van der Waals surface area (Å²) in [5, 5.41) is 13.8. The van der Waals surface area contributed by atoms with Crippen LogP contribution in [0.25, 0.3) is 5.69 Å². The summed E-state index contributed by atoms with van der Waals surface area (Å²) in [5.41, 5.74) is 1.79. The van der Waals surface area contributed by atoms with Gasteiger partial charge in [-0.3, -0.25) is 0 Å². The van der Waals surface area contributed by atoms with Crippen LogP contribution >= 0.6 is 35.0 Å². The quantitative estimate of drug-likeness (QED) is 0.631. The Balaban J connectivity index is 1.83. The van der Waals surface area contributed by atoms with Gasteiger partial charge < -0.3 is 4.74 Å². The third-order valence-corrected chi connectivity index (χ3v) is 4.53. The maximum atomic E-state index is 6.05. The first-order valence-corrected chi connectivity index (χ1v) is 8.41. The summed E-state index contributed by atoms with van der Waals surface area (Å²) < 4.78 is 7.00. The molecule has 8 heteroatoms. The molecule has 0 aliphatic rings. The molecule has 5 nitrogen and oxygen atoms in total. The van der Waals surface area contributed by atoms with Crippen LogP contribution in [0.1, 0.15) is 5.56 Å². The summed E-state index contributed by atoms with van der Waals surface area (Å²) >= 11 is 13.6. The number of benzene rings is 2.